The summed E-state index contributed by atoms with van der Waals surface area (Å²) in [7, 11) is 0. The maximum absolute atomic E-state index is 12.7. The van der Waals surface area contributed by atoms with Crippen LogP contribution in [0.5, 0.6) is 0 Å². The Kier molecular flexibility index (Phi) is 6.44. The SMILES string of the molecule is CC(C[C@H]1CCC[C@H](c2ccc(NC(=O)c3n[nH]c4ccccc34)cc2)C1)(NC=O)C(=O)O. The number of nitrogens with zero attached hydrogens (tertiary/aromatic N) is 1. The summed E-state index contributed by atoms with van der Waals surface area (Å²) in [6.45, 7) is 1.56. The summed E-state index contributed by atoms with van der Waals surface area (Å²) in [4.78, 5) is 35.2. The van der Waals surface area contributed by atoms with Crippen LogP contribution in [0.3, 0.4) is 0 Å². The number of amides is 2. The van der Waals surface area contributed by atoms with Crippen LogP contribution in [-0.2, 0) is 9.59 Å². The van der Waals surface area contributed by atoms with Gasteiger partial charge in [0.05, 0.1) is 5.52 Å². The lowest BCUT2D eigenvalue weighted by atomic mass is 9.73. The van der Waals surface area contributed by atoms with Crippen LogP contribution in [0.1, 0.15) is 61.0 Å². The number of anilines is 1. The second kappa shape index (κ2) is 9.44. The first-order valence-electron chi connectivity index (χ1n) is 11.2. The number of carbonyl (C=O) groups excluding carboxylic acids is 2. The number of benzene rings is 2. The van der Waals surface area contributed by atoms with Crippen LogP contribution in [0.15, 0.2) is 48.5 Å². The minimum absolute atomic E-state index is 0.213. The maximum atomic E-state index is 12.7. The van der Waals surface area contributed by atoms with Crippen LogP contribution in [0.2, 0.25) is 0 Å². The van der Waals surface area contributed by atoms with E-state index in [1.54, 1.807) is 6.92 Å². The Morgan fingerprint density at radius 1 is 1.18 bits per heavy atom. The molecule has 1 aromatic heterocycles. The first-order valence-corrected chi connectivity index (χ1v) is 11.2. The van der Waals surface area contributed by atoms with Gasteiger partial charge >= 0.3 is 5.97 Å². The topological polar surface area (TPSA) is 124 Å². The van der Waals surface area contributed by atoms with Gasteiger partial charge in [-0.2, -0.15) is 5.10 Å². The predicted molar refractivity (Wildman–Crippen MR) is 125 cm³/mol. The molecule has 3 aromatic rings. The van der Waals surface area contributed by atoms with Gasteiger partial charge < -0.3 is 15.7 Å². The maximum Gasteiger partial charge on any atom is 0.329 e. The molecule has 0 saturated heterocycles. The Labute approximate surface area is 191 Å². The van der Waals surface area contributed by atoms with E-state index in [-0.39, 0.29) is 11.8 Å². The number of aromatic amines is 1. The van der Waals surface area contributed by atoms with Gasteiger partial charge in [0.2, 0.25) is 6.41 Å². The highest BCUT2D eigenvalue weighted by molar-refractivity contribution is 6.11. The standard InChI is InChI=1S/C25H28N4O4/c1-25(24(32)33,26-15-30)14-16-5-4-6-18(13-16)17-9-11-19(12-10-17)27-23(31)22-20-7-2-3-8-21(20)28-29-22/h2-3,7-12,15-16,18H,4-6,13-14H2,1H3,(H,26,30)(H,27,31)(H,28,29)(H,32,33)/t16-,18-,25?/m0/s1. The molecule has 3 atom stereocenters. The van der Waals surface area contributed by atoms with Gasteiger partial charge in [0.1, 0.15) is 5.54 Å². The van der Waals surface area contributed by atoms with Crippen molar-refractivity contribution >= 4 is 34.9 Å². The lowest BCUT2D eigenvalue weighted by molar-refractivity contribution is -0.146. The fourth-order valence-corrected chi connectivity index (χ4v) is 4.86. The highest BCUT2D eigenvalue weighted by Crippen LogP contribution is 2.39. The van der Waals surface area contributed by atoms with E-state index in [2.05, 4.69) is 20.8 Å². The molecule has 4 N–H and O–H groups in total. The van der Waals surface area contributed by atoms with Crippen LogP contribution >= 0.6 is 0 Å². The molecule has 0 spiro atoms. The molecule has 1 saturated carbocycles. The van der Waals surface area contributed by atoms with Crippen molar-refractivity contribution in [1.82, 2.24) is 15.5 Å². The summed E-state index contributed by atoms with van der Waals surface area (Å²) in [5.74, 6) is -0.752. The number of rotatable bonds is 8. The number of H-pyrrole nitrogens is 1. The summed E-state index contributed by atoms with van der Waals surface area (Å²) >= 11 is 0. The first-order chi connectivity index (χ1) is 15.9. The van der Waals surface area contributed by atoms with E-state index in [0.717, 1.165) is 36.6 Å². The van der Waals surface area contributed by atoms with Gasteiger partial charge in [-0.25, -0.2) is 4.79 Å². The summed E-state index contributed by atoms with van der Waals surface area (Å²) in [5, 5.41) is 22.7. The number of aliphatic carboxylic acids is 1. The Morgan fingerprint density at radius 3 is 2.67 bits per heavy atom. The number of hydrogen-bond donors (Lipinski definition) is 4. The van der Waals surface area contributed by atoms with E-state index in [1.165, 1.54) is 5.56 Å². The number of carboxylic acid groups (broad SMARTS) is 1. The molecule has 0 radical (unpaired) electrons. The van der Waals surface area contributed by atoms with Crippen molar-refractivity contribution in [2.75, 3.05) is 5.32 Å². The van der Waals surface area contributed by atoms with Crippen molar-refractivity contribution in [3.63, 3.8) is 0 Å². The van der Waals surface area contributed by atoms with E-state index in [9.17, 15) is 19.5 Å². The molecule has 0 aliphatic heterocycles. The molecule has 33 heavy (non-hydrogen) atoms. The zero-order chi connectivity index (χ0) is 23.4. The zero-order valence-electron chi connectivity index (χ0n) is 18.5. The summed E-state index contributed by atoms with van der Waals surface area (Å²) < 4.78 is 0. The van der Waals surface area contributed by atoms with Gasteiger partial charge in [0, 0.05) is 11.1 Å². The summed E-state index contributed by atoms with van der Waals surface area (Å²) in [6, 6.07) is 15.3. The van der Waals surface area contributed by atoms with Gasteiger partial charge in [-0.15, -0.1) is 0 Å². The number of aromatic nitrogens is 2. The van der Waals surface area contributed by atoms with Crippen molar-refractivity contribution in [2.45, 2.75) is 50.5 Å². The monoisotopic (exact) mass is 448 g/mol. The van der Waals surface area contributed by atoms with Crippen molar-refractivity contribution in [3.05, 3.63) is 59.8 Å². The minimum atomic E-state index is -1.25. The predicted octanol–water partition coefficient (Wildman–Crippen LogP) is 4.07. The smallest absolute Gasteiger partial charge is 0.329 e. The van der Waals surface area contributed by atoms with Crippen molar-refractivity contribution in [2.24, 2.45) is 5.92 Å². The molecule has 1 aliphatic carbocycles. The van der Waals surface area contributed by atoms with E-state index >= 15 is 0 Å². The van der Waals surface area contributed by atoms with Crippen LogP contribution < -0.4 is 10.6 Å². The number of fused-ring (bicyclic) bond motifs is 1. The average Bonchev–Trinajstić information content (AvgIpc) is 3.24. The second-order valence-corrected chi connectivity index (χ2v) is 9.03. The lowest BCUT2D eigenvalue weighted by Crippen LogP contribution is -2.50. The van der Waals surface area contributed by atoms with Gasteiger partial charge in [0.25, 0.3) is 5.91 Å². The zero-order valence-corrected chi connectivity index (χ0v) is 18.5. The number of nitrogens with one attached hydrogen (secondary N) is 3. The largest absolute Gasteiger partial charge is 0.480 e. The average molecular weight is 449 g/mol. The second-order valence-electron chi connectivity index (χ2n) is 9.03. The van der Waals surface area contributed by atoms with Crippen LogP contribution in [0, 0.1) is 5.92 Å². The van der Waals surface area contributed by atoms with Crippen molar-refractivity contribution < 1.29 is 19.5 Å². The highest BCUT2D eigenvalue weighted by atomic mass is 16.4. The summed E-state index contributed by atoms with van der Waals surface area (Å²) in [5.41, 5.74) is 1.78. The number of carboxylic acids is 1. The third-order valence-corrected chi connectivity index (χ3v) is 6.65. The molecule has 1 unspecified atom stereocenters. The van der Waals surface area contributed by atoms with E-state index < -0.39 is 11.5 Å². The van der Waals surface area contributed by atoms with Crippen molar-refractivity contribution in [1.29, 1.82) is 0 Å². The minimum Gasteiger partial charge on any atom is -0.480 e. The molecule has 4 rings (SSSR count). The van der Waals surface area contributed by atoms with Gasteiger partial charge in [-0.3, -0.25) is 14.7 Å². The third-order valence-electron chi connectivity index (χ3n) is 6.65. The fourth-order valence-electron chi connectivity index (χ4n) is 4.86. The Balaban J connectivity index is 1.41. The Bertz CT molecular complexity index is 1160. The number of hydrogen-bond acceptors (Lipinski definition) is 4. The molecule has 1 fully saturated rings. The van der Waals surface area contributed by atoms with Crippen LogP contribution in [0.4, 0.5) is 5.69 Å². The molecule has 1 aliphatic rings. The van der Waals surface area contributed by atoms with Crippen LogP contribution in [-0.4, -0.2) is 39.1 Å². The van der Waals surface area contributed by atoms with Crippen LogP contribution in [0.25, 0.3) is 10.9 Å². The molecular formula is C25H28N4O4. The Morgan fingerprint density at radius 2 is 1.94 bits per heavy atom. The van der Waals surface area contributed by atoms with E-state index in [0.29, 0.717) is 30.1 Å². The third kappa shape index (κ3) is 4.89. The number of carbonyl (C=O) groups is 3. The van der Waals surface area contributed by atoms with Gasteiger partial charge in [0.15, 0.2) is 5.69 Å². The molecule has 2 amide bonds. The molecule has 172 valence electrons. The number of para-hydroxylation sites is 1. The fraction of sp³-hybridized carbons (Fsp3) is 0.360. The first kappa shape index (κ1) is 22.5. The van der Waals surface area contributed by atoms with Gasteiger partial charge in [-0.1, -0.05) is 43.2 Å². The van der Waals surface area contributed by atoms with E-state index in [1.807, 2.05) is 48.5 Å². The molecule has 8 nitrogen and oxygen atoms in total. The normalized spacial score (nSPS) is 20.0. The molecule has 0 bridgehead atoms. The molecule has 2 aromatic carbocycles. The molecule has 8 heteroatoms. The summed E-state index contributed by atoms with van der Waals surface area (Å²) in [6.07, 6.45) is 4.74. The molecular weight excluding hydrogens is 420 g/mol. The lowest BCUT2D eigenvalue weighted by Gasteiger charge is -2.34. The Hall–Kier alpha value is -3.68. The van der Waals surface area contributed by atoms with E-state index in [4.69, 9.17) is 0 Å². The highest BCUT2D eigenvalue weighted by Gasteiger charge is 2.37. The molecule has 1 heterocycles. The quantitative estimate of drug-likeness (QED) is 0.387. The van der Waals surface area contributed by atoms with Crippen molar-refractivity contribution in [3.8, 4) is 0 Å². The van der Waals surface area contributed by atoms with Gasteiger partial charge in [-0.05, 0) is 61.8 Å².